The van der Waals surface area contributed by atoms with E-state index in [9.17, 15) is 23.5 Å². The van der Waals surface area contributed by atoms with Crippen LogP contribution in [0.4, 0.5) is 8.78 Å². The van der Waals surface area contributed by atoms with E-state index in [1.165, 1.54) is 27.8 Å². The standard InChI is InChI=1S/C23H19F2N3O3/c1-27-11-18(28-21(23(27)31)22(30)19(29)10-26-28)20-14-8-6-13(24)9-12(14)5-7-15-16(20)3-2-4-17(15)25/h2-4,6,8-10,18,20,30H,5,7,11H2,1H3/t18-,20?/m1/s1. The summed E-state index contributed by atoms with van der Waals surface area (Å²) in [6, 6.07) is 8.84. The van der Waals surface area contributed by atoms with Gasteiger partial charge in [-0.2, -0.15) is 5.10 Å². The molecule has 1 amide bonds. The SMILES string of the molecule is CN1C[C@H](C2c3ccc(F)cc3CCc3c(F)cccc32)n2ncc(=O)c(O)c2C1=O. The van der Waals surface area contributed by atoms with Gasteiger partial charge < -0.3 is 10.0 Å². The van der Waals surface area contributed by atoms with Gasteiger partial charge in [-0.05, 0) is 53.3 Å². The van der Waals surface area contributed by atoms with E-state index in [-0.39, 0.29) is 23.9 Å². The van der Waals surface area contributed by atoms with Crippen LogP contribution in [-0.4, -0.2) is 39.3 Å². The first-order valence-electron chi connectivity index (χ1n) is 9.98. The number of hydrogen-bond acceptors (Lipinski definition) is 4. The molecule has 1 N–H and O–H groups in total. The molecule has 158 valence electrons. The zero-order valence-corrected chi connectivity index (χ0v) is 16.7. The lowest BCUT2D eigenvalue weighted by atomic mass is 9.81. The molecule has 2 atom stereocenters. The predicted octanol–water partition coefficient (Wildman–Crippen LogP) is 2.78. The maximum atomic E-state index is 14.8. The summed E-state index contributed by atoms with van der Waals surface area (Å²) in [5.74, 6) is -2.37. The zero-order chi connectivity index (χ0) is 21.9. The fourth-order valence-corrected chi connectivity index (χ4v) is 4.84. The maximum Gasteiger partial charge on any atom is 0.275 e. The number of likely N-dealkylation sites (N-methyl/N-ethyl adjacent to an activating group) is 1. The summed E-state index contributed by atoms with van der Waals surface area (Å²) >= 11 is 0. The van der Waals surface area contributed by atoms with E-state index >= 15 is 0 Å². The van der Waals surface area contributed by atoms with Crippen molar-refractivity contribution in [3.8, 4) is 5.75 Å². The average Bonchev–Trinajstić information content (AvgIpc) is 2.90. The molecule has 6 nitrogen and oxygen atoms in total. The summed E-state index contributed by atoms with van der Waals surface area (Å²) in [5, 5.41) is 14.5. The first-order valence-corrected chi connectivity index (χ1v) is 9.98. The molecule has 0 saturated heterocycles. The first-order chi connectivity index (χ1) is 14.9. The average molecular weight is 423 g/mol. The fraction of sp³-hybridized carbons (Fsp3) is 0.261. The summed E-state index contributed by atoms with van der Waals surface area (Å²) in [6.45, 7) is 0.221. The molecule has 2 heterocycles. The third-order valence-corrected chi connectivity index (χ3v) is 6.27. The van der Waals surface area contributed by atoms with E-state index in [4.69, 9.17) is 0 Å². The number of halogens is 2. The van der Waals surface area contributed by atoms with Crippen molar-refractivity contribution in [1.82, 2.24) is 14.7 Å². The number of hydrogen-bond donors (Lipinski definition) is 1. The van der Waals surface area contributed by atoms with E-state index in [2.05, 4.69) is 5.10 Å². The Morgan fingerprint density at radius 3 is 2.71 bits per heavy atom. The monoisotopic (exact) mass is 423 g/mol. The van der Waals surface area contributed by atoms with Crippen LogP contribution in [-0.2, 0) is 12.8 Å². The van der Waals surface area contributed by atoms with Crippen LogP contribution < -0.4 is 5.43 Å². The van der Waals surface area contributed by atoms with Crippen molar-refractivity contribution in [3.05, 3.63) is 92.4 Å². The second-order valence-electron chi connectivity index (χ2n) is 8.03. The fourth-order valence-electron chi connectivity index (χ4n) is 4.84. The van der Waals surface area contributed by atoms with E-state index < -0.39 is 29.0 Å². The molecule has 1 unspecified atom stereocenters. The van der Waals surface area contributed by atoms with Gasteiger partial charge in [-0.25, -0.2) is 8.78 Å². The lowest BCUT2D eigenvalue weighted by Gasteiger charge is -2.38. The van der Waals surface area contributed by atoms with Crippen LogP contribution in [0.3, 0.4) is 0 Å². The molecular formula is C23H19F2N3O3. The van der Waals surface area contributed by atoms with Gasteiger partial charge in [-0.1, -0.05) is 18.2 Å². The van der Waals surface area contributed by atoms with Crippen molar-refractivity contribution in [2.24, 2.45) is 0 Å². The molecule has 0 saturated carbocycles. The Labute approximate surface area is 176 Å². The number of aryl methyl sites for hydroxylation is 1. The number of fused-ring (bicyclic) bond motifs is 3. The van der Waals surface area contributed by atoms with Gasteiger partial charge >= 0.3 is 0 Å². The van der Waals surface area contributed by atoms with Crippen molar-refractivity contribution in [2.45, 2.75) is 24.8 Å². The highest BCUT2D eigenvalue weighted by Gasteiger charge is 2.40. The van der Waals surface area contributed by atoms with Gasteiger partial charge in [0.15, 0.2) is 11.4 Å². The quantitative estimate of drug-likeness (QED) is 0.653. The largest absolute Gasteiger partial charge is 0.502 e. The number of carbonyl (C=O) groups is 1. The molecule has 3 aromatic rings. The molecule has 2 aromatic carbocycles. The van der Waals surface area contributed by atoms with E-state index in [0.717, 1.165) is 22.9 Å². The van der Waals surface area contributed by atoms with Gasteiger partial charge in [0.05, 0.1) is 12.2 Å². The minimum Gasteiger partial charge on any atom is -0.502 e. The molecule has 1 aromatic heterocycles. The third-order valence-electron chi connectivity index (χ3n) is 6.27. The minimum absolute atomic E-state index is 0.197. The summed E-state index contributed by atoms with van der Waals surface area (Å²) < 4.78 is 30.2. The number of nitrogens with zero attached hydrogens (tertiary/aromatic N) is 3. The van der Waals surface area contributed by atoms with Gasteiger partial charge in [0.2, 0.25) is 5.43 Å². The smallest absolute Gasteiger partial charge is 0.275 e. The van der Waals surface area contributed by atoms with E-state index in [0.29, 0.717) is 18.4 Å². The highest BCUT2D eigenvalue weighted by atomic mass is 19.1. The van der Waals surface area contributed by atoms with Crippen LogP contribution in [0.2, 0.25) is 0 Å². The minimum atomic E-state index is -0.747. The van der Waals surface area contributed by atoms with Crippen molar-refractivity contribution in [1.29, 1.82) is 0 Å². The van der Waals surface area contributed by atoms with Crippen molar-refractivity contribution in [3.63, 3.8) is 0 Å². The molecule has 0 bridgehead atoms. The van der Waals surface area contributed by atoms with Crippen LogP contribution in [0.1, 0.15) is 44.7 Å². The van der Waals surface area contributed by atoms with Crippen molar-refractivity contribution in [2.75, 3.05) is 13.6 Å². The van der Waals surface area contributed by atoms with Gasteiger partial charge in [0, 0.05) is 19.5 Å². The van der Waals surface area contributed by atoms with Gasteiger partial charge in [0.25, 0.3) is 5.91 Å². The number of amides is 1. The van der Waals surface area contributed by atoms with Gasteiger partial charge in [-0.3, -0.25) is 14.3 Å². The molecule has 1 aliphatic carbocycles. The lowest BCUT2D eigenvalue weighted by molar-refractivity contribution is 0.0686. The van der Waals surface area contributed by atoms with Gasteiger partial charge in [0.1, 0.15) is 11.6 Å². The Bertz CT molecular complexity index is 1290. The van der Waals surface area contributed by atoms with Crippen molar-refractivity contribution < 1.29 is 18.7 Å². The van der Waals surface area contributed by atoms with Crippen LogP contribution in [0.5, 0.6) is 5.75 Å². The number of rotatable bonds is 1. The Morgan fingerprint density at radius 1 is 1.10 bits per heavy atom. The highest BCUT2D eigenvalue weighted by Crippen LogP contribution is 2.44. The molecule has 0 radical (unpaired) electrons. The molecule has 0 fully saturated rings. The normalized spacial score (nSPS) is 20.0. The Morgan fingerprint density at radius 2 is 1.90 bits per heavy atom. The summed E-state index contributed by atoms with van der Waals surface area (Å²) in [7, 11) is 1.57. The van der Waals surface area contributed by atoms with Crippen LogP contribution >= 0.6 is 0 Å². The topological polar surface area (TPSA) is 75.4 Å². The van der Waals surface area contributed by atoms with E-state index in [1.54, 1.807) is 19.2 Å². The molecule has 5 rings (SSSR count). The third kappa shape index (κ3) is 2.93. The van der Waals surface area contributed by atoms with Crippen LogP contribution in [0.25, 0.3) is 0 Å². The van der Waals surface area contributed by atoms with Crippen molar-refractivity contribution >= 4 is 5.91 Å². The number of aromatic hydroxyl groups is 1. The molecule has 8 heteroatoms. The summed E-state index contributed by atoms with van der Waals surface area (Å²) in [6.07, 6.45) is 1.85. The molecule has 1 aliphatic heterocycles. The molecule has 0 spiro atoms. The Kier molecular flexibility index (Phi) is 4.39. The lowest BCUT2D eigenvalue weighted by Crippen LogP contribution is -2.45. The molecule has 31 heavy (non-hydrogen) atoms. The van der Waals surface area contributed by atoms with E-state index in [1.807, 2.05) is 6.07 Å². The van der Waals surface area contributed by atoms with Gasteiger partial charge in [-0.15, -0.1) is 0 Å². The second-order valence-corrected chi connectivity index (χ2v) is 8.03. The summed E-state index contributed by atoms with van der Waals surface area (Å²) in [5.41, 5.74) is 1.89. The number of carbonyl (C=O) groups excluding carboxylic acids is 1. The molecular weight excluding hydrogens is 404 g/mol. The molecule has 2 aliphatic rings. The predicted molar refractivity (Wildman–Crippen MR) is 108 cm³/mol. The number of aromatic nitrogens is 2. The highest BCUT2D eigenvalue weighted by molar-refractivity contribution is 5.95. The Hall–Kier alpha value is -3.55. The summed E-state index contributed by atoms with van der Waals surface area (Å²) in [4.78, 5) is 26.1. The zero-order valence-electron chi connectivity index (χ0n) is 16.7. The maximum absolute atomic E-state index is 14.8. The van der Waals surface area contributed by atoms with Crippen LogP contribution in [0, 0.1) is 11.6 Å². The van der Waals surface area contributed by atoms with Crippen LogP contribution in [0.15, 0.2) is 47.4 Å². The Balaban J connectivity index is 1.81. The second kappa shape index (κ2) is 7.01. The number of benzene rings is 2. The first kappa shape index (κ1) is 19.4.